The Morgan fingerprint density at radius 1 is 0.865 bits per heavy atom. The fraction of sp³-hybridized carbons (Fsp3) is 0.0645. The molecule has 0 atom stereocenters. The van der Waals surface area contributed by atoms with Gasteiger partial charge in [-0.3, -0.25) is 0 Å². The van der Waals surface area contributed by atoms with Crippen LogP contribution in [0.4, 0.5) is 5.88 Å². The van der Waals surface area contributed by atoms with E-state index in [0.29, 0.717) is 34.0 Å². The van der Waals surface area contributed by atoms with Crippen molar-refractivity contribution in [2.45, 2.75) is 13.8 Å². The van der Waals surface area contributed by atoms with Crippen LogP contribution in [0.15, 0.2) is 98.8 Å². The molecule has 1 N–H and O–H groups in total. The molecule has 0 aliphatic heterocycles. The summed E-state index contributed by atoms with van der Waals surface area (Å²) in [7, 11) is 0. The van der Waals surface area contributed by atoms with Crippen molar-refractivity contribution in [2.75, 3.05) is 0 Å². The molecule has 3 aromatic carbocycles. The van der Waals surface area contributed by atoms with E-state index in [9.17, 15) is 15.2 Å². The quantitative estimate of drug-likeness (QED) is 0.247. The number of carbonyl (C=O) groups is 1. The Bertz CT molecular complexity index is 1660. The maximum atomic E-state index is 11.3. The number of rotatable bonds is 6. The number of aliphatic imine (C=N–C) groups is 1. The highest BCUT2D eigenvalue weighted by molar-refractivity contribution is 5.90. The molecule has 0 saturated heterocycles. The lowest BCUT2D eigenvalue weighted by Gasteiger charge is -2.05. The molecule has 5 rings (SSSR count). The SMILES string of the molecule is Cc1ccc(-c2oc(N=Cc3ccc(-c4cccc(C(=O)O)c4)o3)c(C#N)c2-c2ccc(C)cc2)cc1. The molecule has 2 heterocycles. The Morgan fingerprint density at radius 3 is 2.19 bits per heavy atom. The lowest BCUT2D eigenvalue weighted by atomic mass is 9.97. The standard InChI is InChI=1S/C31H22N2O4/c1-19-6-10-21(11-7-19)28-26(17-32)30(37-29(28)22-12-8-20(2)9-13-22)33-18-25-14-15-27(36-25)23-4-3-5-24(16-23)31(34)35/h3-16,18H,1-2H3,(H,34,35). The zero-order valence-electron chi connectivity index (χ0n) is 20.2. The topological polar surface area (TPSA) is 99.7 Å². The van der Waals surface area contributed by atoms with E-state index in [0.717, 1.165) is 22.3 Å². The summed E-state index contributed by atoms with van der Waals surface area (Å²) < 4.78 is 12.0. The summed E-state index contributed by atoms with van der Waals surface area (Å²) in [5, 5.41) is 19.3. The first-order valence-electron chi connectivity index (χ1n) is 11.6. The smallest absolute Gasteiger partial charge is 0.335 e. The van der Waals surface area contributed by atoms with Crippen molar-refractivity contribution in [3.05, 3.63) is 113 Å². The first kappa shape index (κ1) is 23.6. The van der Waals surface area contributed by atoms with E-state index in [2.05, 4.69) is 11.1 Å². The first-order valence-corrected chi connectivity index (χ1v) is 11.6. The van der Waals surface area contributed by atoms with E-state index >= 15 is 0 Å². The van der Waals surface area contributed by atoms with Crippen LogP contribution >= 0.6 is 0 Å². The summed E-state index contributed by atoms with van der Waals surface area (Å²) in [5.41, 5.74) is 5.76. The summed E-state index contributed by atoms with van der Waals surface area (Å²) in [6.45, 7) is 4.02. The maximum absolute atomic E-state index is 11.3. The number of benzene rings is 3. The van der Waals surface area contributed by atoms with Gasteiger partial charge in [0.2, 0.25) is 5.88 Å². The number of furan rings is 2. The second-order valence-corrected chi connectivity index (χ2v) is 8.68. The summed E-state index contributed by atoms with van der Waals surface area (Å²) >= 11 is 0. The number of nitrogens with zero attached hydrogens (tertiary/aromatic N) is 2. The molecule has 37 heavy (non-hydrogen) atoms. The highest BCUT2D eigenvalue weighted by atomic mass is 16.4. The molecule has 0 radical (unpaired) electrons. The van der Waals surface area contributed by atoms with Gasteiger partial charge in [0.05, 0.1) is 11.8 Å². The largest absolute Gasteiger partial charge is 0.478 e. The molecular weight excluding hydrogens is 464 g/mol. The fourth-order valence-electron chi connectivity index (χ4n) is 4.02. The van der Waals surface area contributed by atoms with Crippen molar-refractivity contribution in [3.63, 3.8) is 0 Å². The van der Waals surface area contributed by atoms with Crippen LogP contribution in [0.2, 0.25) is 0 Å². The Labute approximate surface area is 213 Å². The average Bonchev–Trinajstić information content (AvgIpc) is 3.53. The van der Waals surface area contributed by atoms with Gasteiger partial charge in [-0.15, -0.1) is 0 Å². The Hall–Kier alpha value is -5.15. The number of hydrogen-bond donors (Lipinski definition) is 1. The summed E-state index contributed by atoms with van der Waals surface area (Å²) in [6.07, 6.45) is 1.49. The van der Waals surface area contributed by atoms with Crippen LogP contribution in [0.25, 0.3) is 33.8 Å². The third-order valence-electron chi connectivity index (χ3n) is 5.99. The molecule has 0 saturated carbocycles. The predicted octanol–water partition coefficient (Wildman–Crippen LogP) is 7.81. The zero-order chi connectivity index (χ0) is 25.9. The van der Waals surface area contributed by atoms with Crippen LogP contribution in [-0.2, 0) is 0 Å². The number of carboxylic acids is 1. The minimum atomic E-state index is -1.01. The van der Waals surface area contributed by atoms with Crippen LogP contribution in [-0.4, -0.2) is 17.3 Å². The van der Waals surface area contributed by atoms with Crippen LogP contribution in [0, 0.1) is 25.2 Å². The molecule has 0 aliphatic rings. The average molecular weight is 487 g/mol. The molecule has 0 fully saturated rings. The number of aryl methyl sites for hydroxylation is 2. The molecule has 2 aromatic heterocycles. The number of carboxylic acid groups (broad SMARTS) is 1. The van der Waals surface area contributed by atoms with Crippen molar-refractivity contribution in [2.24, 2.45) is 4.99 Å². The number of aromatic carboxylic acids is 1. The van der Waals surface area contributed by atoms with Gasteiger partial charge in [-0.25, -0.2) is 9.79 Å². The van der Waals surface area contributed by atoms with Crippen LogP contribution < -0.4 is 0 Å². The van der Waals surface area contributed by atoms with Crippen LogP contribution in [0.3, 0.4) is 0 Å². The van der Waals surface area contributed by atoms with E-state index in [1.165, 1.54) is 12.3 Å². The van der Waals surface area contributed by atoms with Crippen LogP contribution in [0.1, 0.15) is 32.8 Å². The third kappa shape index (κ3) is 4.84. The van der Waals surface area contributed by atoms with E-state index in [4.69, 9.17) is 8.83 Å². The van der Waals surface area contributed by atoms with Crippen molar-refractivity contribution in [3.8, 4) is 39.8 Å². The summed E-state index contributed by atoms with van der Waals surface area (Å²) in [5.74, 6) is 0.679. The number of hydrogen-bond acceptors (Lipinski definition) is 5. The number of nitriles is 1. The minimum Gasteiger partial charge on any atom is -0.478 e. The molecule has 0 amide bonds. The maximum Gasteiger partial charge on any atom is 0.335 e. The Morgan fingerprint density at radius 2 is 1.54 bits per heavy atom. The van der Waals surface area contributed by atoms with Crippen LogP contribution in [0.5, 0.6) is 0 Å². The summed E-state index contributed by atoms with van der Waals surface area (Å²) in [6, 6.07) is 28.1. The molecule has 180 valence electrons. The van der Waals surface area contributed by atoms with Crippen molar-refractivity contribution >= 4 is 18.1 Å². The van der Waals surface area contributed by atoms with E-state index in [1.807, 2.05) is 62.4 Å². The zero-order valence-corrected chi connectivity index (χ0v) is 20.2. The first-order chi connectivity index (χ1) is 17.9. The summed E-state index contributed by atoms with van der Waals surface area (Å²) in [4.78, 5) is 15.8. The Kier molecular flexibility index (Phi) is 6.27. The molecule has 5 aromatic rings. The highest BCUT2D eigenvalue weighted by Crippen LogP contribution is 2.42. The fourth-order valence-corrected chi connectivity index (χ4v) is 4.02. The highest BCUT2D eigenvalue weighted by Gasteiger charge is 2.23. The second kappa shape index (κ2) is 9.84. The van der Waals surface area contributed by atoms with E-state index in [1.54, 1.807) is 30.3 Å². The van der Waals surface area contributed by atoms with Gasteiger partial charge in [-0.2, -0.15) is 5.26 Å². The molecule has 6 nitrogen and oxygen atoms in total. The van der Waals surface area contributed by atoms with Crippen molar-refractivity contribution < 1.29 is 18.7 Å². The lowest BCUT2D eigenvalue weighted by Crippen LogP contribution is -1.95. The van der Waals surface area contributed by atoms with E-state index in [-0.39, 0.29) is 11.4 Å². The molecule has 0 spiro atoms. The molecule has 0 aliphatic carbocycles. The van der Waals surface area contributed by atoms with Crippen molar-refractivity contribution in [1.82, 2.24) is 0 Å². The van der Waals surface area contributed by atoms with Gasteiger partial charge in [-0.1, -0.05) is 71.8 Å². The molecule has 0 unspecified atom stereocenters. The lowest BCUT2D eigenvalue weighted by molar-refractivity contribution is 0.0697. The predicted molar refractivity (Wildman–Crippen MR) is 142 cm³/mol. The third-order valence-corrected chi connectivity index (χ3v) is 5.99. The molecule has 0 bridgehead atoms. The van der Waals surface area contributed by atoms with Gasteiger partial charge < -0.3 is 13.9 Å². The van der Waals surface area contributed by atoms with Gasteiger partial charge in [0.25, 0.3) is 0 Å². The Balaban J connectivity index is 1.55. The van der Waals surface area contributed by atoms with Gasteiger partial charge in [-0.05, 0) is 43.7 Å². The molecular formula is C31H22N2O4. The second-order valence-electron chi connectivity index (χ2n) is 8.68. The van der Waals surface area contributed by atoms with E-state index < -0.39 is 5.97 Å². The van der Waals surface area contributed by atoms with Gasteiger partial charge in [0.1, 0.15) is 28.9 Å². The van der Waals surface area contributed by atoms with Crippen molar-refractivity contribution in [1.29, 1.82) is 5.26 Å². The minimum absolute atomic E-state index is 0.172. The van der Waals surface area contributed by atoms with Gasteiger partial charge in [0, 0.05) is 16.7 Å². The normalized spacial score (nSPS) is 11.1. The van der Waals surface area contributed by atoms with Gasteiger partial charge >= 0.3 is 5.97 Å². The monoisotopic (exact) mass is 486 g/mol. The molecule has 6 heteroatoms. The van der Waals surface area contributed by atoms with Gasteiger partial charge in [0.15, 0.2) is 0 Å².